The summed E-state index contributed by atoms with van der Waals surface area (Å²) < 4.78 is 0.847. The third-order valence-corrected chi connectivity index (χ3v) is 5.13. The number of hydrogen-bond acceptors (Lipinski definition) is 3. The fraction of sp³-hybridized carbons (Fsp3) is 0.286. The predicted octanol–water partition coefficient (Wildman–Crippen LogP) is 4.68. The fourth-order valence-electron chi connectivity index (χ4n) is 2.75. The summed E-state index contributed by atoms with van der Waals surface area (Å²) in [6, 6.07) is 14.4. The van der Waals surface area contributed by atoms with E-state index in [0.717, 1.165) is 29.5 Å². The third-order valence-electron chi connectivity index (χ3n) is 3.99. The third kappa shape index (κ3) is 6.27. The molecule has 0 aliphatic rings. The Hall–Kier alpha value is -2.00. The molecule has 0 aliphatic carbocycles. The van der Waals surface area contributed by atoms with Crippen LogP contribution in [0, 0.1) is 3.57 Å². The van der Waals surface area contributed by atoms with Gasteiger partial charge in [-0.25, -0.2) is 0 Å². The van der Waals surface area contributed by atoms with Crippen molar-refractivity contribution in [3.05, 3.63) is 63.2 Å². The van der Waals surface area contributed by atoms with Crippen LogP contribution in [0.15, 0.2) is 48.5 Å². The van der Waals surface area contributed by atoms with E-state index in [-0.39, 0.29) is 16.9 Å². The Morgan fingerprint density at radius 2 is 1.71 bits per heavy atom. The van der Waals surface area contributed by atoms with Crippen molar-refractivity contribution < 1.29 is 9.59 Å². The van der Waals surface area contributed by atoms with Gasteiger partial charge in [0.05, 0.1) is 5.56 Å². The van der Waals surface area contributed by atoms with Crippen LogP contribution in [0.2, 0.25) is 0 Å². The molecule has 28 heavy (non-hydrogen) atoms. The van der Waals surface area contributed by atoms with Crippen LogP contribution in [0.3, 0.4) is 0 Å². The Morgan fingerprint density at radius 3 is 2.36 bits per heavy atom. The number of carbonyl (C=O) groups excluding carboxylic acids is 2. The molecule has 0 saturated heterocycles. The van der Waals surface area contributed by atoms with Gasteiger partial charge >= 0.3 is 0 Å². The molecule has 0 radical (unpaired) electrons. The number of nitrogens with zero attached hydrogens (tertiary/aromatic N) is 1. The molecular formula is C21H24IN3O2S. The predicted molar refractivity (Wildman–Crippen MR) is 126 cm³/mol. The minimum atomic E-state index is -0.271. The van der Waals surface area contributed by atoms with Crippen LogP contribution in [-0.4, -0.2) is 34.9 Å². The van der Waals surface area contributed by atoms with Crippen LogP contribution in [-0.2, 0) is 0 Å². The van der Waals surface area contributed by atoms with Crippen LogP contribution >= 0.6 is 34.8 Å². The van der Waals surface area contributed by atoms with E-state index < -0.39 is 0 Å². The van der Waals surface area contributed by atoms with Gasteiger partial charge in [0.1, 0.15) is 0 Å². The average molecular weight is 509 g/mol. The lowest BCUT2D eigenvalue weighted by Crippen LogP contribution is -2.35. The Balaban J connectivity index is 2.05. The molecule has 0 spiro atoms. The largest absolute Gasteiger partial charge is 0.339 e. The van der Waals surface area contributed by atoms with Gasteiger partial charge in [0.15, 0.2) is 5.11 Å². The van der Waals surface area contributed by atoms with Gasteiger partial charge in [-0.15, -0.1) is 0 Å². The van der Waals surface area contributed by atoms with Gasteiger partial charge in [-0.2, -0.15) is 0 Å². The van der Waals surface area contributed by atoms with Crippen molar-refractivity contribution in [2.75, 3.05) is 18.4 Å². The minimum Gasteiger partial charge on any atom is -0.339 e. The molecule has 0 unspecified atom stereocenters. The zero-order valence-corrected chi connectivity index (χ0v) is 19.0. The highest BCUT2D eigenvalue weighted by Gasteiger charge is 2.15. The Bertz CT molecular complexity index is 851. The molecule has 0 aromatic heterocycles. The topological polar surface area (TPSA) is 61.4 Å². The highest BCUT2D eigenvalue weighted by Crippen LogP contribution is 2.14. The number of benzene rings is 2. The highest BCUT2D eigenvalue weighted by molar-refractivity contribution is 14.1. The number of thiocarbonyl (C=S) groups is 1. The van der Waals surface area contributed by atoms with Crippen molar-refractivity contribution >= 4 is 57.4 Å². The lowest BCUT2D eigenvalue weighted by atomic mass is 10.1. The summed E-state index contributed by atoms with van der Waals surface area (Å²) in [5.74, 6) is -0.270. The Kier molecular flexibility index (Phi) is 8.85. The van der Waals surface area contributed by atoms with Crippen LogP contribution in [0.5, 0.6) is 0 Å². The normalized spacial score (nSPS) is 10.2. The summed E-state index contributed by atoms with van der Waals surface area (Å²) in [4.78, 5) is 27.0. The molecular weight excluding hydrogens is 485 g/mol. The van der Waals surface area contributed by atoms with Gasteiger partial charge < -0.3 is 10.2 Å². The van der Waals surface area contributed by atoms with Crippen molar-refractivity contribution in [2.24, 2.45) is 0 Å². The van der Waals surface area contributed by atoms with Crippen molar-refractivity contribution in [1.82, 2.24) is 10.2 Å². The summed E-state index contributed by atoms with van der Waals surface area (Å²) >= 11 is 7.37. The van der Waals surface area contributed by atoms with E-state index in [1.165, 1.54) is 0 Å². The first-order chi connectivity index (χ1) is 13.5. The number of nitrogens with one attached hydrogen (secondary N) is 2. The molecule has 2 aromatic rings. The molecule has 0 saturated carbocycles. The van der Waals surface area contributed by atoms with Gasteiger partial charge in [0.2, 0.25) is 0 Å². The number of rotatable bonds is 7. The first kappa shape index (κ1) is 22.3. The first-order valence-electron chi connectivity index (χ1n) is 9.22. The van der Waals surface area contributed by atoms with Gasteiger partial charge in [0, 0.05) is 27.9 Å². The second kappa shape index (κ2) is 11.1. The van der Waals surface area contributed by atoms with Crippen LogP contribution in [0.4, 0.5) is 5.69 Å². The van der Waals surface area contributed by atoms with Crippen molar-refractivity contribution in [3.8, 4) is 0 Å². The molecule has 2 aromatic carbocycles. The molecule has 0 atom stereocenters. The summed E-state index contributed by atoms with van der Waals surface area (Å²) in [5, 5.41) is 5.85. The maximum atomic E-state index is 12.8. The average Bonchev–Trinajstić information content (AvgIpc) is 2.67. The number of anilines is 1. The molecule has 2 N–H and O–H groups in total. The molecule has 2 rings (SSSR count). The molecule has 0 heterocycles. The van der Waals surface area contributed by atoms with E-state index in [4.69, 9.17) is 12.2 Å². The molecule has 5 nitrogen and oxygen atoms in total. The van der Waals surface area contributed by atoms with Crippen molar-refractivity contribution in [3.63, 3.8) is 0 Å². The lowest BCUT2D eigenvalue weighted by Gasteiger charge is -2.21. The molecule has 0 aliphatic heterocycles. The standard InChI is InChI=1S/C21H24IN3O2S/c1-3-12-25(13-4-2)20(27)15-8-7-9-16(14-15)23-21(28)24-19(26)17-10-5-6-11-18(17)22/h5-11,14H,3-4,12-13H2,1-2H3,(H2,23,24,26,28). The van der Waals surface area contributed by atoms with E-state index >= 15 is 0 Å². The maximum Gasteiger partial charge on any atom is 0.258 e. The second-order valence-corrected chi connectivity index (χ2v) is 7.83. The van der Waals surface area contributed by atoms with Gasteiger partial charge in [-0.05, 0) is 78.0 Å². The van der Waals surface area contributed by atoms with E-state index in [9.17, 15) is 9.59 Å². The smallest absolute Gasteiger partial charge is 0.258 e. The number of amides is 2. The number of hydrogen-bond donors (Lipinski definition) is 2. The molecule has 148 valence electrons. The van der Waals surface area contributed by atoms with E-state index in [2.05, 4.69) is 47.1 Å². The molecule has 2 amide bonds. The van der Waals surface area contributed by atoms with Crippen LogP contribution < -0.4 is 10.6 Å². The zero-order valence-electron chi connectivity index (χ0n) is 16.0. The Morgan fingerprint density at radius 1 is 1.04 bits per heavy atom. The summed E-state index contributed by atoms with van der Waals surface area (Å²) in [5.41, 5.74) is 1.82. The lowest BCUT2D eigenvalue weighted by molar-refractivity contribution is 0.0755. The minimum absolute atomic E-state index is 0.00106. The monoisotopic (exact) mass is 509 g/mol. The quantitative estimate of drug-likeness (QED) is 0.421. The van der Waals surface area contributed by atoms with E-state index in [1.54, 1.807) is 30.3 Å². The first-order valence-corrected chi connectivity index (χ1v) is 10.7. The molecule has 7 heteroatoms. The van der Waals surface area contributed by atoms with E-state index in [1.807, 2.05) is 23.1 Å². The number of halogens is 1. The van der Waals surface area contributed by atoms with E-state index in [0.29, 0.717) is 16.8 Å². The van der Waals surface area contributed by atoms with Crippen molar-refractivity contribution in [1.29, 1.82) is 0 Å². The van der Waals surface area contributed by atoms with Gasteiger partial charge in [0.25, 0.3) is 11.8 Å². The second-order valence-electron chi connectivity index (χ2n) is 6.26. The highest BCUT2D eigenvalue weighted by atomic mass is 127. The summed E-state index contributed by atoms with van der Waals surface area (Å²) in [6.45, 7) is 5.58. The zero-order chi connectivity index (χ0) is 20.5. The Labute approximate surface area is 185 Å². The fourth-order valence-corrected chi connectivity index (χ4v) is 3.59. The number of carbonyl (C=O) groups is 2. The maximum absolute atomic E-state index is 12.8. The van der Waals surface area contributed by atoms with Crippen LogP contribution in [0.1, 0.15) is 47.4 Å². The van der Waals surface area contributed by atoms with Crippen molar-refractivity contribution in [2.45, 2.75) is 26.7 Å². The summed E-state index contributed by atoms with van der Waals surface area (Å²) in [6.07, 6.45) is 1.83. The van der Waals surface area contributed by atoms with Gasteiger partial charge in [-0.3, -0.25) is 14.9 Å². The molecule has 0 fully saturated rings. The molecule has 0 bridgehead atoms. The van der Waals surface area contributed by atoms with Gasteiger partial charge in [-0.1, -0.05) is 32.0 Å². The summed E-state index contributed by atoms with van der Waals surface area (Å²) in [7, 11) is 0. The van der Waals surface area contributed by atoms with Crippen LogP contribution in [0.25, 0.3) is 0 Å². The SMILES string of the molecule is CCCN(CCC)C(=O)c1cccc(NC(=S)NC(=O)c2ccccc2I)c1.